The number of anilines is 1. The molecule has 4 nitrogen and oxygen atoms in total. The second-order valence-corrected chi connectivity index (χ2v) is 5.32. The lowest BCUT2D eigenvalue weighted by Crippen LogP contribution is -2.36. The number of carbonyl (C=O) groups is 1. The van der Waals surface area contributed by atoms with Crippen molar-refractivity contribution in [3.63, 3.8) is 0 Å². The Kier molecular flexibility index (Phi) is 4.25. The van der Waals surface area contributed by atoms with Gasteiger partial charge in [0.1, 0.15) is 0 Å². The van der Waals surface area contributed by atoms with Crippen LogP contribution in [0.2, 0.25) is 10.0 Å². The van der Waals surface area contributed by atoms with Crippen LogP contribution in [0, 0.1) is 0 Å². The van der Waals surface area contributed by atoms with Gasteiger partial charge >= 0.3 is 0 Å². The van der Waals surface area contributed by atoms with E-state index in [1.54, 1.807) is 13.8 Å². The van der Waals surface area contributed by atoms with Gasteiger partial charge in [0.15, 0.2) is 5.75 Å². The molecule has 0 atom stereocenters. The van der Waals surface area contributed by atoms with Crippen LogP contribution in [0.3, 0.4) is 0 Å². The molecule has 1 aromatic rings. The summed E-state index contributed by atoms with van der Waals surface area (Å²) < 4.78 is 0. The third-order valence-electron chi connectivity index (χ3n) is 1.92. The van der Waals surface area contributed by atoms with Gasteiger partial charge < -0.3 is 16.2 Å². The summed E-state index contributed by atoms with van der Waals surface area (Å²) in [6.07, 6.45) is 0.170. The molecule has 0 saturated heterocycles. The zero-order valence-electron chi connectivity index (χ0n) is 9.55. The summed E-state index contributed by atoms with van der Waals surface area (Å²) in [5.41, 5.74) is 5.56. The molecule has 0 aliphatic rings. The first-order valence-electron chi connectivity index (χ1n) is 4.96. The van der Waals surface area contributed by atoms with Crippen molar-refractivity contribution in [2.45, 2.75) is 25.8 Å². The zero-order valence-corrected chi connectivity index (χ0v) is 11.1. The molecule has 1 aromatic carbocycles. The maximum atomic E-state index is 11.6. The molecule has 94 valence electrons. The molecule has 0 fully saturated rings. The molecule has 0 aliphatic heterocycles. The molecule has 0 heterocycles. The molecule has 0 aromatic heterocycles. The largest absolute Gasteiger partial charge is 0.505 e. The summed E-state index contributed by atoms with van der Waals surface area (Å²) in [4.78, 5) is 11.6. The van der Waals surface area contributed by atoms with Gasteiger partial charge in [0.25, 0.3) is 0 Å². The van der Waals surface area contributed by atoms with Crippen LogP contribution in [0.15, 0.2) is 12.1 Å². The highest BCUT2D eigenvalue weighted by molar-refractivity contribution is 6.37. The molecule has 1 rings (SSSR count). The third-order valence-corrected chi connectivity index (χ3v) is 2.49. The van der Waals surface area contributed by atoms with E-state index in [4.69, 9.17) is 28.9 Å². The third kappa shape index (κ3) is 4.42. The minimum atomic E-state index is -0.589. The second-order valence-electron chi connectivity index (χ2n) is 4.50. The number of phenols is 1. The van der Waals surface area contributed by atoms with Gasteiger partial charge in [-0.15, -0.1) is 0 Å². The van der Waals surface area contributed by atoms with E-state index >= 15 is 0 Å². The summed E-state index contributed by atoms with van der Waals surface area (Å²) in [6, 6.07) is 2.84. The van der Waals surface area contributed by atoms with E-state index in [1.165, 1.54) is 12.1 Å². The average Bonchev–Trinajstić information content (AvgIpc) is 2.10. The number of hydrogen-bond donors (Lipinski definition) is 3. The van der Waals surface area contributed by atoms with Crippen LogP contribution in [-0.4, -0.2) is 16.6 Å². The predicted molar refractivity (Wildman–Crippen MR) is 69.6 cm³/mol. The number of aromatic hydroxyl groups is 1. The molecule has 1 amide bonds. The highest BCUT2D eigenvalue weighted by atomic mass is 35.5. The van der Waals surface area contributed by atoms with E-state index in [0.717, 1.165) is 0 Å². The van der Waals surface area contributed by atoms with Crippen molar-refractivity contribution in [2.75, 3.05) is 5.32 Å². The number of nitrogens with one attached hydrogen (secondary N) is 1. The number of carbonyl (C=O) groups excluding carboxylic acids is 1. The number of halogens is 2. The van der Waals surface area contributed by atoms with Crippen LogP contribution >= 0.6 is 23.2 Å². The molecular weight excluding hydrogens is 263 g/mol. The van der Waals surface area contributed by atoms with E-state index in [2.05, 4.69) is 5.32 Å². The van der Waals surface area contributed by atoms with E-state index in [9.17, 15) is 9.90 Å². The van der Waals surface area contributed by atoms with E-state index in [0.29, 0.717) is 5.69 Å². The minimum absolute atomic E-state index is 0.0832. The maximum Gasteiger partial charge on any atom is 0.226 e. The summed E-state index contributed by atoms with van der Waals surface area (Å²) in [5, 5.41) is 12.1. The Morgan fingerprint density at radius 3 is 2.29 bits per heavy atom. The highest BCUT2D eigenvalue weighted by Gasteiger charge is 2.17. The Hall–Kier alpha value is -0.970. The Bertz CT molecular complexity index is 419. The Labute approximate surface area is 110 Å². The molecule has 0 radical (unpaired) electrons. The van der Waals surface area contributed by atoms with Crippen molar-refractivity contribution in [3.05, 3.63) is 22.2 Å². The molecule has 4 N–H and O–H groups in total. The monoisotopic (exact) mass is 276 g/mol. The van der Waals surface area contributed by atoms with Crippen molar-refractivity contribution >= 4 is 34.8 Å². The Morgan fingerprint density at radius 2 is 1.88 bits per heavy atom. The fraction of sp³-hybridized carbons (Fsp3) is 0.364. The van der Waals surface area contributed by atoms with Crippen LogP contribution in [0.5, 0.6) is 5.75 Å². The zero-order chi connectivity index (χ0) is 13.2. The lowest BCUT2D eigenvalue weighted by molar-refractivity contribution is -0.117. The molecule has 0 spiro atoms. The second kappa shape index (κ2) is 5.12. The minimum Gasteiger partial charge on any atom is -0.505 e. The van der Waals surface area contributed by atoms with E-state index < -0.39 is 5.54 Å². The van der Waals surface area contributed by atoms with Gasteiger partial charge in [-0.25, -0.2) is 0 Å². The summed E-state index contributed by atoms with van der Waals surface area (Å²) >= 11 is 11.5. The van der Waals surface area contributed by atoms with Gasteiger partial charge in [-0.05, 0) is 26.0 Å². The normalized spacial score (nSPS) is 11.4. The number of rotatable bonds is 3. The number of nitrogens with two attached hydrogens (primary N) is 1. The van der Waals surface area contributed by atoms with Crippen molar-refractivity contribution in [2.24, 2.45) is 5.73 Å². The molecule has 6 heteroatoms. The van der Waals surface area contributed by atoms with Gasteiger partial charge in [-0.2, -0.15) is 0 Å². The van der Waals surface area contributed by atoms with Gasteiger partial charge in [-0.3, -0.25) is 4.79 Å². The number of hydrogen-bond acceptors (Lipinski definition) is 3. The van der Waals surface area contributed by atoms with Crippen LogP contribution in [0.1, 0.15) is 20.3 Å². The molecule has 0 unspecified atom stereocenters. The summed E-state index contributed by atoms with van der Waals surface area (Å²) in [7, 11) is 0. The molecular formula is C11H14Cl2N2O2. The van der Waals surface area contributed by atoms with Crippen LogP contribution in [0.4, 0.5) is 5.69 Å². The molecule has 0 saturated carbocycles. The van der Waals surface area contributed by atoms with Crippen molar-refractivity contribution in [1.82, 2.24) is 0 Å². The van der Waals surface area contributed by atoms with Crippen LogP contribution in [0.25, 0.3) is 0 Å². The van der Waals surface area contributed by atoms with Gasteiger partial charge in [0, 0.05) is 17.6 Å². The quantitative estimate of drug-likeness (QED) is 0.743. The number of phenolic OH excluding ortho intramolecular Hbond substituents is 1. The topological polar surface area (TPSA) is 75.4 Å². The number of benzene rings is 1. The lowest BCUT2D eigenvalue weighted by atomic mass is 10.0. The number of amides is 1. The maximum absolute atomic E-state index is 11.6. The van der Waals surface area contributed by atoms with Crippen molar-refractivity contribution in [1.29, 1.82) is 0 Å². The Morgan fingerprint density at radius 1 is 1.41 bits per heavy atom. The molecule has 0 bridgehead atoms. The first-order chi connectivity index (χ1) is 7.69. The van der Waals surface area contributed by atoms with Crippen molar-refractivity contribution < 1.29 is 9.90 Å². The average molecular weight is 277 g/mol. The van der Waals surface area contributed by atoms with Gasteiger partial charge in [0.05, 0.1) is 10.0 Å². The fourth-order valence-electron chi connectivity index (χ4n) is 1.26. The van der Waals surface area contributed by atoms with E-state index in [-0.39, 0.29) is 28.1 Å². The van der Waals surface area contributed by atoms with Gasteiger partial charge in [0.2, 0.25) is 5.91 Å². The van der Waals surface area contributed by atoms with Crippen molar-refractivity contribution in [3.8, 4) is 5.75 Å². The van der Waals surface area contributed by atoms with E-state index in [1.807, 2.05) is 0 Å². The Balaban J connectivity index is 2.79. The van der Waals surface area contributed by atoms with Crippen LogP contribution in [-0.2, 0) is 4.79 Å². The summed E-state index contributed by atoms with van der Waals surface area (Å²) in [5.74, 6) is -0.444. The first kappa shape index (κ1) is 14.1. The standard InChI is InChI=1S/C11H14Cl2N2O2/c1-11(2,14)5-9(16)15-6-3-7(12)10(17)8(13)4-6/h3-4,17H,5,14H2,1-2H3,(H,15,16). The summed E-state index contributed by atoms with van der Waals surface area (Å²) in [6.45, 7) is 3.51. The molecule has 0 aliphatic carbocycles. The lowest BCUT2D eigenvalue weighted by Gasteiger charge is -2.17. The first-order valence-corrected chi connectivity index (χ1v) is 5.71. The van der Waals surface area contributed by atoms with Crippen LogP contribution < -0.4 is 11.1 Å². The predicted octanol–water partition coefficient (Wildman–Crippen LogP) is 2.76. The highest BCUT2D eigenvalue weighted by Crippen LogP contribution is 2.34. The molecule has 17 heavy (non-hydrogen) atoms. The SMILES string of the molecule is CC(C)(N)CC(=O)Nc1cc(Cl)c(O)c(Cl)c1. The smallest absolute Gasteiger partial charge is 0.226 e. The fourth-order valence-corrected chi connectivity index (χ4v) is 1.74. The van der Waals surface area contributed by atoms with Gasteiger partial charge in [-0.1, -0.05) is 23.2 Å².